The Balaban J connectivity index is 2.02. The van der Waals surface area contributed by atoms with Gasteiger partial charge in [-0.1, -0.05) is 44.2 Å². The quantitative estimate of drug-likeness (QED) is 0.724. The molecule has 1 aromatic rings. The van der Waals surface area contributed by atoms with Gasteiger partial charge in [-0.25, -0.2) is 0 Å². The fourth-order valence-corrected chi connectivity index (χ4v) is 4.85. The Kier molecular flexibility index (Phi) is 3.48. The Morgan fingerprint density at radius 3 is 2.65 bits per heavy atom. The maximum Gasteiger partial charge on any atom is 0.126 e. The zero-order valence-electron chi connectivity index (χ0n) is 12.8. The van der Waals surface area contributed by atoms with Gasteiger partial charge in [0.05, 0.1) is 0 Å². The largest absolute Gasteiger partial charge is 0.303 e. The van der Waals surface area contributed by atoms with Crippen molar-refractivity contribution in [3.63, 3.8) is 0 Å². The second-order valence-electron chi connectivity index (χ2n) is 7.34. The predicted octanol–water partition coefficient (Wildman–Crippen LogP) is 4.75. The van der Waals surface area contributed by atoms with Crippen LogP contribution in [-0.4, -0.2) is 6.29 Å². The third-order valence-electron chi connectivity index (χ3n) is 6.24. The molecule has 2 aliphatic carbocycles. The average Bonchev–Trinajstić information content (AvgIpc) is 2.52. The Morgan fingerprint density at radius 2 is 2.00 bits per heavy atom. The SMILES string of the molecule is CCC1(C=O)CC2CC(c3ccccc3)(CCC2C)C1. The van der Waals surface area contributed by atoms with Crippen molar-refractivity contribution in [2.45, 2.75) is 57.8 Å². The van der Waals surface area contributed by atoms with Crippen molar-refractivity contribution in [2.75, 3.05) is 0 Å². The van der Waals surface area contributed by atoms with E-state index in [1.165, 1.54) is 31.1 Å². The number of fused-ring (bicyclic) bond motifs is 2. The highest BCUT2D eigenvalue weighted by Gasteiger charge is 2.51. The van der Waals surface area contributed by atoms with Gasteiger partial charge in [0.2, 0.25) is 0 Å². The van der Waals surface area contributed by atoms with Crippen LogP contribution in [0.3, 0.4) is 0 Å². The van der Waals surface area contributed by atoms with E-state index < -0.39 is 0 Å². The molecule has 0 radical (unpaired) electrons. The number of carbonyl (C=O) groups excluding carboxylic acids is 1. The Morgan fingerprint density at radius 1 is 1.25 bits per heavy atom. The molecule has 4 atom stereocenters. The summed E-state index contributed by atoms with van der Waals surface area (Å²) in [4.78, 5) is 11.8. The molecule has 0 heterocycles. The minimum absolute atomic E-state index is 0.0760. The molecule has 0 amide bonds. The normalized spacial score (nSPS) is 40.3. The highest BCUT2D eigenvalue weighted by Crippen LogP contribution is 2.58. The van der Waals surface area contributed by atoms with E-state index in [2.05, 4.69) is 44.2 Å². The predicted molar refractivity (Wildman–Crippen MR) is 82.6 cm³/mol. The zero-order valence-corrected chi connectivity index (χ0v) is 12.8. The highest BCUT2D eigenvalue weighted by atomic mass is 16.1. The molecular formula is C19H26O. The number of benzene rings is 1. The molecule has 108 valence electrons. The summed E-state index contributed by atoms with van der Waals surface area (Å²) < 4.78 is 0. The van der Waals surface area contributed by atoms with Crippen molar-refractivity contribution in [2.24, 2.45) is 17.3 Å². The molecule has 4 unspecified atom stereocenters. The number of hydrogen-bond donors (Lipinski definition) is 0. The first-order chi connectivity index (χ1) is 9.63. The van der Waals surface area contributed by atoms with Gasteiger partial charge in [-0.15, -0.1) is 0 Å². The van der Waals surface area contributed by atoms with Gasteiger partial charge in [0.25, 0.3) is 0 Å². The van der Waals surface area contributed by atoms with E-state index in [4.69, 9.17) is 0 Å². The number of hydrogen-bond acceptors (Lipinski definition) is 1. The van der Waals surface area contributed by atoms with Gasteiger partial charge in [-0.05, 0) is 61.3 Å². The first-order valence-electron chi connectivity index (χ1n) is 8.15. The standard InChI is InChI=1S/C19H26O/c1-3-18(14-20)11-16-12-19(13-18,10-9-15(16)2)17-7-5-4-6-8-17/h4-8,14-16H,3,9-13H2,1-2H3. The smallest absolute Gasteiger partial charge is 0.126 e. The first-order valence-corrected chi connectivity index (χ1v) is 8.15. The van der Waals surface area contributed by atoms with Gasteiger partial charge in [-0.2, -0.15) is 0 Å². The lowest BCUT2D eigenvalue weighted by molar-refractivity contribution is -0.123. The lowest BCUT2D eigenvalue weighted by Crippen LogP contribution is -2.48. The fraction of sp³-hybridized carbons (Fsp3) is 0.632. The van der Waals surface area contributed by atoms with Crippen LogP contribution >= 0.6 is 0 Å². The first kappa shape index (κ1) is 13.9. The molecule has 3 rings (SSSR count). The summed E-state index contributed by atoms with van der Waals surface area (Å²) in [5.74, 6) is 1.50. The third kappa shape index (κ3) is 2.12. The highest BCUT2D eigenvalue weighted by molar-refractivity contribution is 5.60. The Hall–Kier alpha value is -1.11. The second kappa shape index (κ2) is 5.02. The molecule has 20 heavy (non-hydrogen) atoms. The summed E-state index contributed by atoms with van der Waals surface area (Å²) >= 11 is 0. The Bertz CT molecular complexity index is 480. The maximum absolute atomic E-state index is 11.8. The van der Waals surface area contributed by atoms with E-state index in [1.54, 1.807) is 0 Å². The molecule has 2 bridgehead atoms. The number of aldehydes is 1. The van der Waals surface area contributed by atoms with Crippen LogP contribution in [0, 0.1) is 17.3 Å². The van der Waals surface area contributed by atoms with Gasteiger partial charge in [0, 0.05) is 5.41 Å². The molecule has 1 nitrogen and oxygen atoms in total. The van der Waals surface area contributed by atoms with Crippen molar-refractivity contribution in [1.29, 1.82) is 0 Å². The molecule has 2 saturated carbocycles. The molecule has 2 aliphatic rings. The molecule has 0 N–H and O–H groups in total. The molecule has 2 fully saturated rings. The molecule has 0 spiro atoms. The molecule has 0 aromatic heterocycles. The second-order valence-corrected chi connectivity index (χ2v) is 7.34. The van der Waals surface area contributed by atoms with Crippen LogP contribution in [0.2, 0.25) is 0 Å². The lowest BCUT2D eigenvalue weighted by atomic mass is 9.49. The lowest BCUT2D eigenvalue weighted by Gasteiger charge is -2.54. The molecule has 0 saturated heterocycles. The van der Waals surface area contributed by atoms with Crippen LogP contribution in [0.15, 0.2) is 30.3 Å². The summed E-state index contributed by atoms with van der Waals surface area (Å²) in [6.45, 7) is 4.58. The third-order valence-corrected chi connectivity index (χ3v) is 6.24. The van der Waals surface area contributed by atoms with Crippen LogP contribution < -0.4 is 0 Å². The minimum Gasteiger partial charge on any atom is -0.303 e. The molecule has 0 aliphatic heterocycles. The van der Waals surface area contributed by atoms with Crippen LogP contribution in [-0.2, 0) is 10.2 Å². The van der Waals surface area contributed by atoms with E-state index in [0.717, 1.165) is 31.1 Å². The molecule has 1 aromatic carbocycles. The van der Waals surface area contributed by atoms with E-state index in [1.807, 2.05) is 0 Å². The van der Waals surface area contributed by atoms with E-state index in [9.17, 15) is 4.79 Å². The minimum atomic E-state index is -0.0760. The van der Waals surface area contributed by atoms with Crippen LogP contribution in [0.1, 0.15) is 57.9 Å². The monoisotopic (exact) mass is 270 g/mol. The van der Waals surface area contributed by atoms with Crippen LogP contribution in [0.25, 0.3) is 0 Å². The van der Waals surface area contributed by atoms with Crippen molar-refractivity contribution >= 4 is 6.29 Å². The summed E-state index contributed by atoms with van der Waals surface area (Å²) in [6.07, 6.45) is 8.31. The van der Waals surface area contributed by atoms with Crippen molar-refractivity contribution in [3.05, 3.63) is 35.9 Å². The van der Waals surface area contributed by atoms with Crippen molar-refractivity contribution in [3.8, 4) is 0 Å². The van der Waals surface area contributed by atoms with Crippen LogP contribution in [0.4, 0.5) is 0 Å². The maximum atomic E-state index is 11.8. The van der Waals surface area contributed by atoms with Gasteiger partial charge in [-0.3, -0.25) is 0 Å². The molecule has 1 heteroatoms. The van der Waals surface area contributed by atoms with Crippen LogP contribution in [0.5, 0.6) is 0 Å². The molecular weight excluding hydrogens is 244 g/mol. The fourth-order valence-electron chi connectivity index (χ4n) is 4.85. The van der Waals surface area contributed by atoms with E-state index >= 15 is 0 Å². The van der Waals surface area contributed by atoms with Gasteiger partial charge >= 0.3 is 0 Å². The van der Waals surface area contributed by atoms with E-state index in [0.29, 0.717) is 0 Å². The van der Waals surface area contributed by atoms with Crippen molar-refractivity contribution < 1.29 is 4.79 Å². The summed E-state index contributed by atoms with van der Waals surface area (Å²) in [5.41, 5.74) is 1.65. The summed E-state index contributed by atoms with van der Waals surface area (Å²) in [6, 6.07) is 11.0. The van der Waals surface area contributed by atoms with Gasteiger partial charge < -0.3 is 4.79 Å². The summed E-state index contributed by atoms with van der Waals surface area (Å²) in [7, 11) is 0. The Labute approximate surface area is 122 Å². The number of rotatable bonds is 3. The van der Waals surface area contributed by atoms with Gasteiger partial charge in [0.15, 0.2) is 0 Å². The zero-order chi connectivity index (χ0) is 14.2. The van der Waals surface area contributed by atoms with Gasteiger partial charge in [0.1, 0.15) is 6.29 Å². The number of carbonyl (C=O) groups is 1. The average molecular weight is 270 g/mol. The summed E-state index contributed by atoms with van der Waals surface area (Å²) in [5, 5.41) is 0. The van der Waals surface area contributed by atoms with E-state index in [-0.39, 0.29) is 10.8 Å². The topological polar surface area (TPSA) is 17.1 Å². The van der Waals surface area contributed by atoms with Crippen molar-refractivity contribution in [1.82, 2.24) is 0 Å².